The van der Waals surface area contributed by atoms with Crippen molar-refractivity contribution in [1.82, 2.24) is 5.32 Å². The van der Waals surface area contributed by atoms with E-state index in [9.17, 15) is 0 Å². The second-order valence-electron chi connectivity index (χ2n) is 12.9. The number of fused-ring (bicyclic) bond motifs is 2. The Kier molecular flexibility index (Phi) is 9.24. The number of allylic oxidation sites excluding steroid dienone is 7. The number of rotatable bonds is 7. The van der Waals surface area contributed by atoms with E-state index in [1.807, 2.05) is 21.7 Å². The Morgan fingerprint density at radius 3 is 2.38 bits per heavy atom. The number of halogens is 2. The summed E-state index contributed by atoms with van der Waals surface area (Å²) in [6, 6.07) is 17.4. The van der Waals surface area contributed by atoms with Crippen LogP contribution in [0.5, 0.6) is 0 Å². The summed E-state index contributed by atoms with van der Waals surface area (Å²) in [5.41, 5.74) is 19.8. The maximum atomic E-state index is 6.49. The first-order valence-electron chi connectivity index (χ1n) is 15.5. The monoisotopic (exact) mass is 743 g/mol. The van der Waals surface area contributed by atoms with Crippen molar-refractivity contribution in [2.75, 3.05) is 16.4 Å². The van der Waals surface area contributed by atoms with Gasteiger partial charge in [0.15, 0.2) is 11.9 Å². The normalized spacial score (nSPS) is 22.8. The van der Waals surface area contributed by atoms with Crippen molar-refractivity contribution in [3.05, 3.63) is 140 Å². The molecule has 3 N–H and O–H groups in total. The molecule has 2 aromatic rings. The van der Waals surface area contributed by atoms with Gasteiger partial charge in [-0.2, -0.15) is 4.58 Å². The molecular formula is C38H41Br2N4S+. The molecule has 4 aliphatic rings. The molecule has 7 heteroatoms. The topological polar surface area (TPSA) is 44.3 Å². The van der Waals surface area contributed by atoms with Gasteiger partial charge in [-0.05, 0) is 66.9 Å². The fourth-order valence-corrected chi connectivity index (χ4v) is 8.49. The molecule has 3 heterocycles. The first-order chi connectivity index (χ1) is 21.7. The van der Waals surface area contributed by atoms with E-state index in [1.165, 1.54) is 50.8 Å². The molecule has 0 spiro atoms. The summed E-state index contributed by atoms with van der Waals surface area (Å²) in [4.78, 5) is 6.17. The second kappa shape index (κ2) is 13.0. The van der Waals surface area contributed by atoms with Crippen LogP contribution in [-0.2, 0) is 10.8 Å². The van der Waals surface area contributed by atoms with Crippen LogP contribution in [-0.4, -0.2) is 21.8 Å². The van der Waals surface area contributed by atoms with Gasteiger partial charge in [0, 0.05) is 74.3 Å². The van der Waals surface area contributed by atoms with Crippen LogP contribution in [0.1, 0.15) is 58.1 Å². The van der Waals surface area contributed by atoms with Gasteiger partial charge < -0.3 is 16.0 Å². The Labute approximate surface area is 289 Å². The highest BCUT2D eigenvalue weighted by molar-refractivity contribution is 9.11. The molecule has 45 heavy (non-hydrogen) atoms. The van der Waals surface area contributed by atoms with E-state index in [2.05, 4.69) is 160 Å². The zero-order valence-corrected chi connectivity index (χ0v) is 30.4. The van der Waals surface area contributed by atoms with Gasteiger partial charge in [0.2, 0.25) is 5.69 Å². The smallest absolute Gasteiger partial charge is 0.215 e. The third-order valence-corrected chi connectivity index (χ3v) is 11.0. The molecule has 3 aliphatic heterocycles. The lowest BCUT2D eigenvalue weighted by Gasteiger charge is -2.26. The Hall–Kier alpha value is -3.00. The Bertz CT molecular complexity index is 1770. The highest BCUT2D eigenvalue weighted by atomic mass is 79.9. The summed E-state index contributed by atoms with van der Waals surface area (Å²) in [6.07, 6.45) is 16.7. The second-order valence-corrected chi connectivity index (χ2v) is 15.0. The molecular weight excluding hydrogens is 704 g/mol. The Balaban J connectivity index is 1.45. The molecule has 0 unspecified atom stereocenters. The maximum Gasteiger partial charge on any atom is 0.215 e. The van der Waals surface area contributed by atoms with Crippen molar-refractivity contribution in [2.24, 2.45) is 5.73 Å². The number of nitrogens with zero attached hydrogens (tertiary/aromatic N) is 2. The molecule has 2 aromatic carbocycles. The van der Waals surface area contributed by atoms with Crippen LogP contribution in [0, 0.1) is 0 Å². The molecule has 4 nitrogen and oxygen atoms in total. The minimum Gasteiger partial charge on any atom is -0.400 e. The van der Waals surface area contributed by atoms with Crippen molar-refractivity contribution in [1.29, 1.82) is 0 Å². The average molecular weight is 746 g/mol. The van der Waals surface area contributed by atoms with Crippen molar-refractivity contribution < 1.29 is 4.58 Å². The molecule has 0 saturated carbocycles. The van der Waals surface area contributed by atoms with Gasteiger partial charge in [-0.1, -0.05) is 94.3 Å². The number of thioether (sulfide) groups is 1. The fourth-order valence-electron chi connectivity index (χ4n) is 7.06. The Morgan fingerprint density at radius 2 is 1.64 bits per heavy atom. The highest BCUT2D eigenvalue weighted by Gasteiger charge is 2.44. The molecule has 0 aromatic heterocycles. The van der Waals surface area contributed by atoms with Crippen LogP contribution in [0.25, 0.3) is 0 Å². The molecule has 6 rings (SSSR count). The van der Waals surface area contributed by atoms with Gasteiger partial charge in [-0.25, -0.2) is 0 Å². The van der Waals surface area contributed by atoms with Crippen molar-refractivity contribution >= 4 is 60.7 Å². The number of benzene rings is 2. The van der Waals surface area contributed by atoms with E-state index < -0.39 is 0 Å². The van der Waals surface area contributed by atoms with Gasteiger partial charge in [0.1, 0.15) is 0 Å². The van der Waals surface area contributed by atoms with E-state index in [4.69, 9.17) is 5.73 Å². The SMILES string of the molecule is CC1(C)C(/C=C/C2=C(NC3=C(N)CSC3)C(=C/C=C3/N(/C=C/Br)c4ccccc4C3(C)C)/CCC2)=[N+](/C=C/Br)c2ccccc21. The number of nitrogens with two attached hydrogens (primary N) is 1. The largest absolute Gasteiger partial charge is 0.400 e. The van der Waals surface area contributed by atoms with Crippen LogP contribution < -0.4 is 16.0 Å². The Morgan fingerprint density at radius 1 is 0.889 bits per heavy atom. The van der Waals surface area contributed by atoms with E-state index in [-0.39, 0.29) is 10.8 Å². The van der Waals surface area contributed by atoms with E-state index in [1.54, 1.807) is 0 Å². The number of para-hydroxylation sites is 2. The number of nitrogens with one attached hydrogen (secondary N) is 1. The average Bonchev–Trinajstić information content (AvgIpc) is 3.60. The first-order valence-corrected chi connectivity index (χ1v) is 18.5. The van der Waals surface area contributed by atoms with Gasteiger partial charge in [0.05, 0.1) is 5.41 Å². The minimum absolute atomic E-state index is 0.129. The molecule has 1 aliphatic carbocycles. The summed E-state index contributed by atoms with van der Waals surface area (Å²) in [6.45, 7) is 9.26. The third kappa shape index (κ3) is 5.88. The molecule has 232 valence electrons. The van der Waals surface area contributed by atoms with Crippen molar-refractivity contribution in [3.63, 3.8) is 0 Å². The molecule has 0 fully saturated rings. The van der Waals surface area contributed by atoms with E-state index in [0.29, 0.717) is 0 Å². The first kappa shape index (κ1) is 32.0. The molecule has 0 bridgehead atoms. The lowest BCUT2D eigenvalue weighted by molar-refractivity contribution is -0.356. The molecule has 0 saturated heterocycles. The third-order valence-electron chi connectivity index (χ3n) is 9.47. The summed E-state index contributed by atoms with van der Waals surface area (Å²) in [5, 5.41) is 3.85. The van der Waals surface area contributed by atoms with Crippen molar-refractivity contribution in [3.8, 4) is 0 Å². The zero-order chi connectivity index (χ0) is 31.8. The zero-order valence-electron chi connectivity index (χ0n) is 26.4. The quantitative estimate of drug-likeness (QED) is 0.277. The van der Waals surface area contributed by atoms with Gasteiger partial charge in [0.25, 0.3) is 0 Å². The van der Waals surface area contributed by atoms with Crippen LogP contribution in [0.3, 0.4) is 0 Å². The minimum atomic E-state index is -0.129. The summed E-state index contributed by atoms with van der Waals surface area (Å²) < 4.78 is 2.30. The lowest BCUT2D eigenvalue weighted by atomic mass is 9.81. The summed E-state index contributed by atoms with van der Waals surface area (Å²) in [7, 11) is 0. The number of anilines is 1. The van der Waals surface area contributed by atoms with Gasteiger partial charge >= 0.3 is 0 Å². The van der Waals surface area contributed by atoms with Gasteiger partial charge in [-0.15, -0.1) is 11.8 Å². The molecule has 0 atom stereocenters. The summed E-state index contributed by atoms with van der Waals surface area (Å²) >= 11 is 8.93. The van der Waals surface area contributed by atoms with Crippen LogP contribution >= 0.6 is 43.6 Å². The van der Waals surface area contributed by atoms with Gasteiger partial charge in [-0.3, -0.25) is 0 Å². The highest BCUT2D eigenvalue weighted by Crippen LogP contribution is 2.48. The predicted octanol–water partition coefficient (Wildman–Crippen LogP) is 9.90. The standard InChI is InChI=1S/C38H40Br2N4S/c1-37(2)28-12-5-7-14-32(28)43(22-20-39)34(37)18-16-26-10-9-11-27(36(26)42-31-25-45-24-30(31)41)17-19-35-38(3,4)29-13-6-8-15-33(29)44(35)23-21-40/h5-8,12-23H,9-11,24-25,41H2,1-4H3/p+1/b22-20+,23-21+,26-16+,34-18+. The molecule has 0 radical (unpaired) electrons. The fraction of sp³-hybridized carbons (Fsp3) is 0.289. The summed E-state index contributed by atoms with van der Waals surface area (Å²) in [5.74, 6) is 1.79. The number of hydrogen-bond acceptors (Lipinski definition) is 4. The van der Waals surface area contributed by atoms with E-state index >= 15 is 0 Å². The lowest BCUT2D eigenvalue weighted by Crippen LogP contribution is -2.26. The van der Waals surface area contributed by atoms with Crippen molar-refractivity contribution in [2.45, 2.75) is 57.8 Å². The number of hydrogen-bond donors (Lipinski definition) is 2. The van der Waals surface area contributed by atoms with Crippen LogP contribution in [0.2, 0.25) is 0 Å². The molecule has 0 amide bonds. The van der Waals surface area contributed by atoms with E-state index in [0.717, 1.165) is 42.2 Å². The predicted molar refractivity (Wildman–Crippen MR) is 200 cm³/mol. The maximum absolute atomic E-state index is 6.49. The van der Waals surface area contributed by atoms with Crippen LogP contribution in [0.15, 0.2) is 129 Å². The van der Waals surface area contributed by atoms with Crippen LogP contribution in [0.4, 0.5) is 11.4 Å².